The van der Waals surface area contributed by atoms with Gasteiger partial charge in [0.2, 0.25) is 0 Å². The fourth-order valence-corrected chi connectivity index (χ4v) is 4.28. The Hall–Kier alpha value is -1.80. The zero-order valence-electron chi connectivity index (χ0n) is 12.8. The highest BCUT2D eigenvalue weighted by molar-refractivity contribution is 5.53. The lowest BCUT2D eigenvalue weighted by Crippen LogP contribution is -2.27. The van der Waals surface area contributed by atoms with E-state index in [1.807, 2.05) is 12.1 Å². The van der Waals surface area contributed by atoms with Crippen molar-refractivity contribution in [2.24, 2.45) is 0 Å². The number of fused-ring (bicyclic) bond motifs is 2. The largest absolute Gasteiger partial charge is 0.508 e. The summed E-state index contributed by atoms with van der Waals surface area (Å²) in [6.07, 6.45) is 5.79. The van der Waals surface area contributed by atoms with Gasteiger partial charge >= 0.3 is 0 Å². The number of aliphatic hydroxyl groups excluding tert-OH is 1. The van der Waals surface area contributed by atoms with E-state index >= 15 is 0 Å². The molecule has 4 rings (SSSR count). The van der Waals surface area contributed by atoms with Crippen LogP contribution in [0.2, 0.25) is 0 Å². The average Bonchev–Trinajstić information content (AvgIpc) is 2.56. The molecule has 0 saturated heterocycles. The van der Waals surface area contributed by atoms with Gasteiger partial charge in [0.25, 0.3) is 0 Å². The highest BCUT2D eigenvalue weighted by Crippen LogP contribution is 2.44. The first-order valence-corrected chi connectivity index (χ1v) is 8.35. The molecule has 0 spiro atoms. The summed E-state index contributed by atoms with van der Waals surface area (Å²) in [4.78, 5) is 0. The second-order valence-electron chi connectivity index (χ2n) is 6.63. The van der Waals surface area contributed by atoms with Crippen LogP contribution < -0.4 is 0 Å². The Morgan fingerprint density at radius 2 is 1.68 bits per heavy atom. The number of hydrogen-bond donors (Lipinski definition) is 2. The van der Waals surface area contributed by atoms with Gasteiger partial charge in [-0.3, -0.25) is 0 Å². The quantitative estimate of drug-likeness (QED) is 0.841. The molecule has 0 radical (unpaired) electrons. The zero-order valence-corrected chi connectivity index (χ0v) is 12.8. The summed E-state index contributed by atoms with van der Waals surface area (Å²) in [5, 5.41) is 21.2. The normalized spacial score (nSPS) is 23.7. The van der Waals surface area contributed by atoms with E-state index in [4.69, 9.17) is 0 Å². The number of benzene rings is 2. The molecule has 2 aromatic carbocycles. The Morgan fingerprint density at radius 3 is 2.59 bits per heavy atom. The number of hydrogen-bond acceptors (Lipinski definition) is 2. The second kappa shape index (κ2) is 5.44. The van der Waals surface area contributed by atoms with E-state index in [1.165, 1.54) is 35.1 Å². The third kappa shape index (κ3) is 2.14. The number of aryl methyl sites for hydroxylation is 2. The Morgan fingerprint density at radius 1 is 0.864 bits per heavy atom. The molecule has 2 N–H and O–H groups in total. The van der Waals surface area contributed by atoms with Gasteiger partial charge in [-0.15, -0.1) is 0 Å². The van der Waals surface area contributed by atoms with E-state index in [9.17, 15) is 10.2 Å². The summed E-state index contributed by atoms with van der Waals surface area (Å²) in [6, 6.07) is 12.3. The molecule has 22 heavy (non-hydrogen) atoms. The van der Waals surface area contributed by atoms with E-state index in [-0.39, 0.29) is 5.92 Å². The monoisotopic (exact) mass is 294 g/mol. The van der Waals surface area contributed by atoms with Gasteiger partial charge in [-0.25, -0.2) is 0 Å². The van der Waals surface area contributed by atoms with Crippen LogP contribution >= 0.6 is 0 Å². The fourth-order valence-electron chi connectivity index (χ4n) is 4.28. The molecule has 2 aliphatic rings. The maximum Gasteiger partial charge on any atom is 0.119 e. The number of phenols is 1. The minimum Gasteiger partial charge on any atom is -0.508 e. The molecular formula is C20H22O2. The first-order chi connectivity index (χ1) is 10.8. The van der Waals surface area contributed by atoms with Gasteiger partial charge in [-0.1, -0.05) is 30.3 Å². The molecule has 2 heteroatoms. The summed E-state index contributed by atoms with van der Waals surface area (Å²) in [5.41, 5.74) is 6.12. The SMILES string of the molecule is Oc1ccc2c(c1[C@H]1c3ccccc3CCC1O)CCCC2. The Bertz CT molecular complexity index is 705. The first kappa shape index (κ1) is 13.8. The van der Waals surface area contributed by atoms with Gasteiger partial charge in [0, 0.05) is 11.5 Å². The number of aromatic hydroxyl groups is 1. The third-order valence-corrected chi connectivity index (χ3v) is 5.35. The van der Waals surface area contributed by atoms with Crippen LogP contribution in [0.3, 0.4) is 0 Å². The molecule has 0 aromatic heterocycles. The van der Waals surface area contributed by atoms with Crippen molar-refractivity contribution in [3.05, 3.63) is 64.2 Å². The van der Waals surface area contributed by atoms with Crippen LogP contribution in [0.15, 0.2) is 36.4 Å². The van der Waals surface area contributed by atoms with Gasteiger partial charge in [-0.05, 0) is 66.8 Å². The summed E-state index contributed by atoms with van der Waals surface area (Å²) >= 11 is 0. The summed E-state index contributed by atoms with van der Waals surface area (Å²) < 4.78 is 0. The molecule has 114 valence electrons. The first-order valence-electron chi connectivity index (χ1n) is 8.35. The molecule has 0 amide bonds. The zero-order chi connectivity index (χ0) is 15.1. The molecule has 1 unspecified atom stereocenters. The number of phenolic OH excluding ortho intramolecular Hbond substituents is 1. The van der Waals surface area contributed by atoms with Crippen LogP contribution in [0.25, 0.3) is 0 Å². The number of aliphatic hydroxyl groups is 1. The van der Waals surface area contributed by atoms with Crippen molar-refractivity contribution >= 4 is 0 Å². The van der Waals surface area contributed by atoms with Crippen molar-refractivity contribution in [3.8, 4) is 5.75 Å². The van der Waals surface area contributed by atoms with Crippen LogP contribution in [-0.4, -0.2) is 16.3 Å². The predicted octanol–water partition coefficient (Wildman–Crippen LogP) is 3.71. The van der Waals surface area contributed by atoms with Gasteiger partial charge in [0.05, 0.1) is 6.10 Å². The van der Waals surface area contributed by atoms with E-state index in [0.717, 1.165) is 31.2 Å². The highest BCUT2D eigenvalue weighted by Gasteiger charge is 2.33. The van der Waals surface area contributed by atoms with Crippen LogP contribution in [0.5, 0.6) is 5.75 Å². The van der Waals surface area contributed by atoms with Crippen molar-refractivity contribution < 1.29 is 10.2 Å². The van der Waals surface area contributed by atoms with Gasteiger partial charge < -0.3 is 10.2 Å². The van der Waals surface area contributed by atoms with E-state index in [1.54, 1.807) is 0 Å². The molecular weight excluding hydrogens is 272 g/mol. The Balaban J connectivity index is 1.92. The molecule has 2 nitrogen and oxygen atoms in total. The van der Waals surface area contributed by atoms with Crippen molar-refractivity contribution in [1.82, 2.24) is 0 Å². The van der Waals surface area contributed by atoms with Gasteiger partial charge in [0.15, 0.2) is 0 Å². The van der Waals surface area contributed by atoms with Gasteiger partial charge in [-0.2, -0.15) is 0 Å². The van der Waals surface area contributed by atoms with E-state index in [0.29, 0.717) is 5.75 Å². The van der Waals surface area contributed by atoms with Crippen molar-refractivity contribution in [1.29, 1.82) is 0 Å². The lowest BCUT2D eigenvalue weighted by Gasteiger charge is -2.34. The summed E-state index contributed by atoms with van der Waals surface area (Å²) in [6.45, 7) is 0. The van der Waals surface area contributed by atoms with Crippen molar-refractivity contribution in [2.45, 2.75) is 50.5 Å². The lowest BCUT2D eigenvalue weighted by molar-refractivity contribution is 0.138. The van der Waals surface area contributed by atoms with Crippen molar-refractivity contribution in [3.63, 3.8) is 0 Å². The second-order valence-corrected chi connectivity index (χ2v) is 6.63. The van der Waals surface area contributed by atoms with Gasteiger partial charge in [0.1, 0.15) is 5.75 Å². The van der Waals surface area contributed by atoms with Crippen LogP contribution in [0, 0.1) is 0 Å². The topological polar surface area (TPSA) is 40.5 Å². The highest BCUT2D eigenvalue weighted by atomic mass is 16.3. The minimum atomic E-state index is -0.408. The molecule has 2 atom stereocenters. The maximum absolute atomic E-state index is 10.7. The fraction of sp³-hybridized carbons (Fsp3) is 0.400. The lowest BCUT2D eigenvalue weighted by atomic mass is 9.73. The van der Waals surface area contributed by atoms with Crippen molar-refractivity contribution in [2.75, 3.05) is 0 Å². The smallest absolute Gasteiger partial charge is 0.119 e. The predicted molar refractivity (Wildman–Crippen MR) is 87.4 cm³/mol. The van der Waals surface area contributed by atoms with E-state index < -0.39 is 6.10 Å². The van der Waals surface area contributed by atoms with E-state index in [2.05, 4.69) is 24.3 Å². The third-order valence-electron chi connectivity index (χ3n) is 5.35. The molecule has 0 saturated carbocycles. The molecule has 0 aliphatic heterocycles. The maximum atomic E-state index is 10.7. The molecule has 0 fully saturated rings. The standard InChI is InChI=1S/C20H22O2/c21-17-11-9-13-5-1-3-7-15(13)19(17)20-16-8-4-2-6-14(16)10-12-18(20)22/h1,3,5,7,10,12,17,19,21-22H,2,4,6,8-9,11H2/t17?,19-/m0/s1. The molecule has 0 bridgehead atoms. The van der Waals surface area contributed by atoms with Crippen LogP contribution in [0.4, 0.5) is 0 Å². The summed E-state index contributed by atoms with van der Waals surface area (Å²) in [7, 11) is 0. The Kier molecular flexibility index (Phi) is 3.42. The van der Waals surface area contributed by atoms with Crippen LogP contribution in [-0.2, 0) is 19.3 Å². The Labute approximate surface area is 131 Å². The molecule has 0 heterocycles. The summed E-state index contributed by atoms with van der Waals surface area (Å²) in [5.74, 6) is 0.263. The number of rotatable bonds is 1. The average molecular weight is 294 g/mol. The molecule has 2 aliphatic carbocycles. The minimum absolute atomic E-state index is 0.0852. The molecule has 2 aromatic rings. The van der Waals surface area contributed by atoms with Crippen LogP contribution in [0.1, 0.15) is 53.0 Å².